The van der Waals surface area contributed by atoms with E-state index in [2.05, 4.69) is 5.32 Å². The van der Waals surface area contributed by atoms with E-state index in [0.717, 1.165) is 33.3 Å². The van der Waals surface area contributed by atoms with Crippen molar-refractivity contribution in [2.45, 2.75) is 40.2 Å². The van der Waals surface area contributed by atoms with Gasteiger partial charge in [0.15, 0.2) is 0 Å². The van der Waals surface area contributed by atoms with Crippen LogP contribution in [0.4, 0.5) is 5.69 Å². The first-order chi connectivity index (χ1) is 12.4. The first-order valence-electron chi connectivity index (χ1n) is 8.92. The van der Waals surface area contributed by atoms with E-state index >= 15 is 0 Å². The molecule has 26 heavy (non-hydrogen) atoms. The number of aromatic nitrogens is 1. The molecule has 0 fully saturated rings. The summed E-state index contributed by atoms with van der Waals surface area (Å²) in [6.07, 6.45) is 0.532. The molecule has 0 aliphatic heterocycles. The predicted molar refractivity (Wildman–Crippen MR) is 107 cm³/mol. The molecule has 1 atom stereocenters. The number of rotatable bonds is 4. The van der Waals surface area contributed by atoms with E-state index in [4.69, 9.17) is 0 Å². The summed E-state index contributed by atoms with van der Waals surface area (Å²) in [5.41, 5.74) is 4.38. The Bertz CT molecular complexity index is 1030. The van der Waals surface area contributed by atoms with Crippen LogP contribution in [0, 0.1) is 20.8 Å². The zero-order valence-electron chi connectivity index (χ0n) is 15.7. The highest BCUT2D eigenvalue weighted by atomic mass is 16.2. The fourth-order valence-electron chi connectivity index (χ4n) is 3.46. The minimum Gasteiger partial charge on any atom is -0.324 e. The Morgan fingerprint density at radius 2 is 1.69 bits per heavy atom. The van der Waals surface area contributed by atoms with Crippen molar-refractivity contribution in [3.8, 4) is 0 Å². The van der Waals surface area contributed by atoms with Gasteiger partial charge in [-0.3, -0.25) is 14.2 Å². The Labute approximate surface area is 153 Å². The minimum atomic E-state index is -0.564. The van der Waals surface area contributed by atoms with Gasteiger partial charge in [0.25, 0.3) is 5.56 Å². The summed E-state index contributed by atoms with van der Waals surface area (Å²) in [6.45, 7) is 7.79. The molecule has 4 heteroatoms. The van der Waals surface area contributed by atoms with Gasteiger partial charge in [0.05, 0.1) is 5.52 Å². The Morgan fingerprint density at radius 1 is 1.00 bits per heavy atom. The second-order valence-electron chi connectivity index (χ2n) is 6.73. The molecule has 0 spiro atoms. The van der Waals surface area contributed by atoms with E-state index in [1.807, 2.05) is 70.2 Å². The summed E-state index contributed by atoms with van der Waals surface area (Å²) >= 11 is 0. The monoisotopic (exact) mass is 348 g/mol. The maximum atomic E-state index is 13.0. The smallest absolute Gasteiger partial charge is 0.252 e. The lowest BCUT2D eigenvalue weighted by atomic mass is 10.0. The van der Waals surface area contributed by atoms with Crippen molar-refractivity contribution in [2.24, 2.45) is 0 Å². The number of anilines is 1. The predicted octanol–water partition coefficient (Wildman–Crippen LogP) is 4.52. The first kappa shape index (κ1) is 17.9. The zero-order chi connectivity index (χ0) is 18.8. The van der Waals surface area contributed by atoms with Gasteiger partial charge >= 0.3 is 0 Å². The third-order valence-electron chi connectivity index (χ3n) is 4.88. The van der Waals surface area contributed by atoms with Crippen LogP contribution in [0.3, 0.4) is 0 Å². The summed E-state index contributed by atoms with van der Waals surface area (Å²) in [4.78, 5) is 25.8. The van der Waals surface area contributed by atoms with Crippen LogP contribution in [0.5, 0.6) is 0 Å². The van der Waals surface area contributed by atoms with Crippen molar-refractivity contribution in [2.75, 3.05) is 5.32 Å². The maximum Gasteiger partial charge on any atom is 0.252 e. The van der Waals surface area contributed by atoms with E-state index in [0.29, 0.717) is 6.42 Å². The van der Waals surface area contributed by atoms with Crippen LogP contribution < -0.4 is 10.9 Å². The molecule has 0 saturated heterocycles. The fraction of sp³-hybridized carbons (Fsp3) is 0.273. The van der Waals surface area contributed by atoms with E-state index < -0.39 is 6.04 Å². The van der Waals surface area contributed by atoms with Crippen LogP contribution in [0.15, 0.2) is 53.3 Å². The fourth-order valence-corrected chi connectivity index (χ4v) is 3.46. The Morgan fingerprint density at radius 3 is 2.38 bits per heavy atom. The molecule has 3 rings (SSSR count). The van der Waals surface area contributed by atoms with Crippen LogP contribution >= 0.6 is 0 Å². The third kappa shape index (κ3) is 3.15. The average molecular weight is 348 g/mol. The Kier molecular flexibility index (Phi) is 4.94. The molecule has 0 aliphatic carbocycles. The van der Waals surface area contributed by atoms with Crippen molar-refractivity contribution < 1.29 is 4.79 Å². The van der Waals surface area contributed by atoms with Gasteiger partial charge in [0, 0.05) is 17.1 Å². The molecule has 134 valence electrons. The quantitative estimate of drug-likeness (QED) is 0.754. The molecular formula is C22H24N2O2. The lowest BCUT2D eigenvalue weighted by Gasteiger charge is -2.22. The molecule has 3 aromatic rings. The van der Waals surface area contributed by atoms with Gasteiger partial charge in [0.1, 0.15) is 6.04 Å². The lowest BCUT2D eigenvalue weighted by Crippen LogP contribution is -2.33. The lowest BCUT2D eigenvalue weighted by molar-refractivity contribution is -0.119. The van der Waals surface area contributed by atoms with E-state index in [1.165, 1.54) is 0 Å². The van der Waals surface area contributed by atoms with Gasteiger partial charge in [-0.15, -0.1) is 0 Å². The van der Waals surface area contributed by atoms with Crippen LogP contribution in [0.1, 0.15) is 36.1 Å². The largest absolute Gasteiger partial charge is 0.324 e. The van der Waals surface area contributed by atoms with Gasteiger partial charge in [-0.1, -0.05) is 43.3 Å². The molecule has 1 amide bonds. The zero-order valence-corrected chi connectivity index (χ0v) is 15.7. The number of carbonyl (C=O) groups excluding carboxylic acids is 1. The normalized spacial score (nSPS) is 12.2. The second kappa shape index (κ2) is 7.16. The Balaban J connectivity index is 2.13. The van der Waals surface area contributed by atoms with Crippen molar-refractivity contribution in [1.82, 2.24) is 4.57 Å². The molecule has 0 bridgehead atoms. The number of hydrogen-bond donors (Lipinski definition) is 1. The van der Waals surface area contributed by atoms with Crippen LogP contribution in [-0.4, -0.2) is 10.5 Å². The van der Waals surface area contributed by atoms with Crippen LogP contribution in [-0.2, 0) is 4.79 Å². The summed E-state index contributed by atoms with van der Waals surface area (Å²) in [7, 11) is 0. The molecule has 2 aromatic carbocycles. The summed E-state index contributed by atoms with van der Waals surface area (Å²) < 4.78 is 1.64. The second-order valence-corrected chi connectivity index (χ2v) is 6.73. The van der Waals surface area contributed by atoms with E-state index in [1.54, 1.807) is 10.6 Å². The third-order valence-corrected chi connectivity index (χ3v) is 4.88. The summed E-state index contributed by atoms with van der Waals surface area (Å²) in [6, 6.07) is 14.7. The Hall–Kier alpha value is -2.88. The topological polar surface area (TPSA) is 51.1 Å². The van der Waals surface area contributed by atoms with Crippen molar-refractivity contribution in [1.29, 1.82) is 0 Å². The average Bonchev–Trinajstić information content (AvgIpc) is 2.60. The van der Waals surface area contributed by atoms with Gasteiger partial charge in [-0.05, 0) is 49.9 Å². The maximum absolute atomic E-state index is 13.0. The highest BCUT2D eigenvalue weighted by Gasteiger charge is 2.23. The van der Waals surface area contributed by atoms with E-state index in [-0.39, 0.29) is 11.5 Å². The van der Waals surface area contributed by atoms with E-state index in [9.17, 15) is 9.59 Å². The molecule has 0 saturated carbocycles. The van der Waals surface area contributed by atoms with Gasteiger partial charge in [-0.2, -0.15) is 0 Å². The standard InChI is InChI=1S/C22H24N2O2/c1-5-19(22(26)23-18-12-7-6-9-14(18)2)24-20(25)13-16(4)17-11-8-10-15(3)21(17)24/h6-13,19H,5H2,1-4H3,(H,23,26). The molecule has 0 aliphatic rings. The van der Waals surface area contributed by atoms with Gasteiger partial charge < -0.3 is 5.32 Å². The summed E-state index contributed by atoms with van der Waals surface area (Å²) in [5, 5.41) is 3.99. The minimum absolute atomic E-state index is 0.143. The molecule has 1 aromatic heterocycles. The number of pyridine rings is 1. The number of amides is 1. The number of fused-ring (bicyclic) bond motifs is 1. The molecule has 4 nitrogen and oxygen atoms in total. The highest BCUT2D eigenvalue weighted by molar-refractivity contribution is 5.96. The number of benzene rings is 2. The number of nitrogens with zero attached hydrogens (tertiary/aromatic N) is 1. The molecule has 0 radical (unpaired) electrons. The molecule has 1 heterocycles. The van der Waals surface area contributed by atoms with Crippen molar-refractivity contribution in [3.63, 3.8) is 0 Å². The molecule has 1 N–H and O–H groups in total. The van der Waals surface area contributed by atoms with Gasteiger partial charge in [-0.25, -0.2) is 0 Å². The number of carbonyl (C=O) groups is 1. The van der Waals surface area contributed by atoms with Crippen LogP contribution in [0.2, 0.25) is 0 Å². The number of hydrogen-bond acceptors (Lipinski definition) is 2. The molecule has 1 unspecified atom stereocenters. The number of nitrogens with one attached hydrogen (secondary N) is 1. The first-order valence-corrected chi connectivity index (χ1v) is 8.92. The van der Waals surface area contributed by atoms with Crippen LogP contribution in [0.25, 0.3) is 10.9 Å². The number of para-hydroxylation sites is 2. The van der Waals surface area contributed by atoms with Crippen molar-refractivity contribution >= 4 is 22.5 Å². The molecular weight excluding hydrogens is 324 g/mol. The SMILES string of the molecule is CCC(C(=O)Nc1ccccc1C)n1c(=O)cc(C)c2cccc(C)c21. The van der Waals surface area contributed by atoms with Crippen molar-refractivity contribution in [3.05, 3.63) is 75.6 Å². The number of aryl methyl sites for hydroxylation is 3. The van der Waals surface area contributed by atoms with Gasteiger partial charge in [0.2, 0.25) is 5.91 Å². The highest BCUT2D eigenvalue weighted by Crippen LogP contribution is 2.25. The summed E-state index contributed by atoms with van der Waals surface area (Å²) in [5.74, 6) is -0.169.